The fourth-order valence-corrected chi connectivity index (χ4v) is 0. The Kier molecular flexibility index (Phi) is 249. The SMILES string of the molecule is N#CC#N.N#CC#N.N#CC#N.N#CC#N.N#CC#N.N#CC#N.[Fe].[H-].[K+]. The van der Waals surface area contributed by atoms with Crippen molar-refractivity contribution in [1.82, 2.24) is 0 Å². The molecule has 0 spiro atoms. The van der Waals surface area contributed by atoms with Crippen LogP contribution in [0.15, 0.2) is 0 Å². The van der Waals surface area contributed by atoms with Gasteiger partial charge in [-0.05, 0) is 0 Å². The van der Waals surface area contributed by atoms with Crippen LogP contribution in [0.2, 0.25) is 0 Å². The van der Waals surface area contributed by atoms with E-state index in [-0.39, 0.29) is 69.9 Å². The summed E-state index contributed by atoms with van der Waals surface area (Å²) in [6.45, 7) is 0. The molecule has 0 radical (unpaired) electrons. The molecule has 0 rings (SSSR count). The minimum absolute atomic E-state index is 0. The second kappa shape index (κ2) is 131. The van der Waals surface area contributed by atoms with Gasteiger partial charge in [0.25, 0.3) is 0 Å². The van der Waals surface area contributed by atoms with E-state index in [0.29, 0.717) is 0 Å². The molecule has 0 aliphatic carbocycles. The average molecular weight is 408 g/mol. The van der Waals surface area contributed by atoms with Crippen molar-refractivity contribution in [3.8, 4) is 72.8 Å². The van der Waals surface area contributed by atoms with Crippen molar-refractivity contribution in [2.24, 2.45) is 0 Å². The van der Waals surface area contributed by atoms with Gasteiger partial charge in [0.15, 0.2) is 72.8 Å². The van der Waals surface area contributed by atoms with Crippen molar-refractivity contribution in [3.05, 3.63) is 0 Å². The monoisotopic (exact) mass is 408 g/mol. The van der Waals surface area contributed by atoms with Crippen molar-refractivity contribution in [1.29, 1.82) is 63.1 Å². The van der Waals surface area contributed by atoms with Gasteiger partial charge in [-0.15, -0.1) is 0 Å². The molecule has 0 heterocycles. The number of nitrogens with zero attached hydrogens (tertiary/aromatic N) is 12. The maximum Gasteiger partial charge on any atom is 1.00 e. The molecule has 12 nitrogen and oxygen atoms in total. The van der Waals surface area contributed by atoms with E-state index < -0.39 is 0 Å². The molecule has 0 unspecified atom stereocenters. The number of rotatable bonds is 0. The van der Waals surface area contributed by atoms with E-state index in [1.807, 2.05) is 0 Å². The molecular formula is C12HFeKN12. The van der Waals surface area contributed by atoms with Gasteiger partial charge < -0.3 is 1.43 Å². The summed E-state index contributed by atoms with van der Waals surface area (Å²) >= 11 is 0. The molecule has 0 fully saturated rings. The van der Waals surface area contributed by atoms with Gasteiger partial charge >= 0.3 is 51.4 Å². The summed E-state index contributed by atoms with van der Waals surface area (Å²) < 4.78 is 0. The Labute approximate surface area is 203 Å². The molecule has 118 valence electrons. The summed E-state index contributed by atoms with van der Waals surface area (Å²) in [7, 11) is 0. The van der Waals surface area contributed by atoms with Gasteiger partial charge in [0.1, 0.15) is 0 Å². The van der Waals surface area contributed by atoms with Gasteiger partial charge in [-0.1, -0.05) is 0 Å². The van der Waals surface area contributed by atoms with Crippen LogP contribution in [0.25, 0.3) is 0 Å². The smallest absolute Gasteiger partial charge is 1.00 e. The molecule has 0 saturated heterocycles. The van der Waals surface area contributed by atoms with E-state index in [2.05, 4.69) is 0 Å². The molecule has 0 amide bonds. The third-order valence-electron chi connectivity index (χ3n) is 0.300. The van der Waals surface area contributed by atoms with Crippen molar-refractivity contribution in [2.45, 2.75) is 0 Å². The molecule has 0 atom stereocenters. The predicted octanol–water partition coefficient (Wildman–Crippen LogP) is -2.68. The molecule has 0 aliphatic heterocycles. The Balaban J connectivity index is -0.0000000201. The topological polar surface area (TPSA) is 285 Å². The van der Waals surface area contributed by atoms with E-state index in [4.69, 9.17) is 63.1 Å². The molecule has 0 bridgehead atoms. The van der Waals surface area contributed by atoms with Crippen LogP contribution in [0.3, 0.4) is 0 Å². The van der Waals surface area contributed by atoms with Crippen LogP contribution in [0, 0.1) is 136 Å². The van der Waals surface area contributed by atoms with Crippen molar-refractivity contribution in [3.63, 3.8) is 0 Å². The maximum atomic E-state index is 7.26. The van der Waals surface area contributed by atoms with E-state index in [0.717, 1.165) is 0 Å². The van der Waals surface area contributed by atoms with Crippen LogP contribution in [0.5, 0.6) is 0 Å². The van der Waals surface area contributed by atoms with Gasteiger partial charge in [-0.3, -0.25) is 0 Å². The van der Waals surface area contributed by atoms with E-state index in [1.165, 1.54) is 72.8 Å². The summed E-state index contributed by atoms with van der Waals surface area (Å²) in [6.07, 6.45) is 0. The first-order chi connectivity index (χ1) is 11.5. The molecule has 0 aromatic carbocycles. The predicted molar refractivity (Wildman–Crippen MR) is 68.5 cm³/mol. The number of hydrogen-bond acceptors (Lipinski definition) is 12. The van der Waals surface area contributed by atoms with E-state index in [1.54, 1.807) is 0 Å². The quantitative estimate of drug-likeness (QED) is 0.370. The van der Waals surface area contributed by atoms with Crippen LogP contribution < -0.4 is 51.4 Å². The van der Waals surface area contributed by atoms with Crippen LogP contribution in [-0.2, 0) is 17.1 Å². The first kappa shape index (κ1) is 49.5. The van der Waals surface area contributed by atoms with Crippen molar-refractivity contribution in [2.75, 3.05) is 0 Å². The molecular weight excluding hydrogens is 407 g/mol. The Bertz CT molecular complexity index is 559. The number of hydrogen-bond donors (Lipinski definition) is 0. The number of nitriles is 12. The zero-order chi connectivity index (χ0) is 20.5. The second-order valence-electron chi connectivity index (χ2n) is 1.34. The Morgan fingerprint density at radius 2 is 0.308 bits per heavy atom. The summed E-state index contributed by atoms with van der Waals surface area (Å²) in [5, 5.41) is 87.2. The molecule has 0 aliphatic rings. The third kappa shape index (κ3) is 1750. The minimum Gasteiger partial charge on any atom is -1.00 e. The van der Waals surface area contributed by atoms with Crippen LogP contribution >= 0.6 is 0 Å². The van der Waals surface area contributed by atoms with Gasteiger partial charge in [0.2, 0.25) is 0 Å². The Hall–Kier alpha value is -3.96. The summed E-state index contributed by atoms with van der Waals surface area (Å²) in [5.41, 5.74) is 0. The fourth-order valence-electron chi connectivity index (χ4n) is 0. The standard InChI is InChI=1S/6C2N2.Fe.K.H/c6*3-1-2-4;;;/q;;;;;;;+1;-1. The van der Waals surface area contributed by atoms with Gasteiger partial charge in [0.05, 0.1) is 0 Å². The molecule has 0 aromatic rings. The zero-order valence-corrected chi connectivity index (χ0v) is 16.9. The average Bonchev–Trinajstić information content (AvgIpc) is 2.68. The summed E-state index contributed by atoms with van der Waals surface area (Å²) in [6, 6.07) is 14.8. The largest absolute Gasteiger partial charge is 1.00 e. The molecule has 14 heteroatoms. The second-order valence-corrected chi connectivity index (χ2v) is 1.34. The third-order valence-corrected chi connectivity index (χ3v) is 0.300. The zero-order valence-electron chi connectivity index (χ0n) is 13.7. The molecule has 0 saturated carbocycles. The molecule has 26 heavy (non-hydrogen) atoms. The Morgan fingerprint density at radius 1 is 0.269 bits per heavy atom. The first-order valence-corrected chi connectivity index (χ1v) is 4.18. The Morgan fingerprint density at radius 3 is 0.308 bits per heavy atom. The molecule has 0 N–H and O–H groups in total. The van der Waals surface area contributed by atoms with E-state index >= 15 is 0 Å². The van der Waals surface area contributed by atoms with Gasteiger partial charge in [-0.25, -0.2) is 0 Å². The van der Waals surface area contributed by atoms with Gasteiger partial charge in [-0.2, -0.15) is 63.1 Å². The summed E-state index contributed by atoms with van der Waals surface area (Å²) in [5.74, 6) is 0. The molecule has 0 aromatic heterocycles. The van der Waals surface area contributed by atoms with Crippen molar-refractivity contribution >= 4 is 0 Å². The van der Waals surface area contributed by atoms with E-state index in [9.17, 15) is 0 Å². The fraction of sp³-hybridized carbons (Fsp3) is 0. The van der Waals surface area contributed by atoms with Crippen LogP contribution in [0.1, 0.15) is 1.43 Å². The maximum absolute atomic E-state index is 7.26. The van der Waals surface area contributed by atoms with Crippen LogP contribution in [0.4, 0.5) is 0 Å². The summed E-state index contributed by atoms with van der Waals surface area (Å²) in [4.78, 5) is 0. The van der Waals surface area contributed by atoms with Gasteiger partial charge in [0, 0.05) is 17.1 Å². The normalized spacial score (nSPS) is 2.31. The minimum atomic E-state index is 0. The first-order valence-electron chi connectivity index (χ1n) is 4.18. The van der Waals surface area contributed by atoms with Crippen LogP contribution in [-0.4, -0.2) is 0 Å². The van der Waals surface area contributed by atoms with Crippen molar-refractivity contribution < 1.29 is 69.9 Å².